The summed E-state index contributed by atoms with van der Waals surface area (Å²) in [6, 6.07) is 13.2. The Hall–Kier alpha value is -2.00. The summed E-state index contributed by atoms with van der Waals surface area (Å²) in [6.07, 6.45) is 1.05. The average Bonchev–Trinajstić information content (AvgIpc) is 2.45. The molecule has 0 radical (unpaired) electrons. The number of phenolic OH excluding ortho intramolecular Hbond substituents is 2. The van der Waals surface area contributed by atoms with Gasteiger partial charge in [0.15, 0.2) is 0 Å². The second-order valence-electron chi connectivity index (χ2n) is 5.02. The van der Waals surface area contributed by atoms with E-state index in [1.54, 1.807) is 12.1 Å². The smallest absolute Gasteiger partial charge is 0.124 e. The fourth-order valence-corrected chi connectivity index (χ4v) is 2.17. The number of phenols is 2. The Bertz CT molecular complexity index is 564. The lowest BCUT2D eigenvalue weighted by atomic mass is 10.1. The number of rotatable bonds is 5. The fraction of sp³-hybridized carbons (Fsp3) is 0.294. The number of hydrogen-bond acceptors (Lipinski definition) is 3. The molecule has 0 amide bonds. The van der Waals surface area contributed by atoms with E-state index in [2.05, 4.69) is 36.5 Å². The Kier molecular flexibility index (Phi) is 4.64. The van der Waals surface area contributed by atoms with Gasteiger partial charge < -0.3 is 15.5 Å². The Morgan fingerprint density at radius 2 is 1.65 bits per heavy atom. The molecule has 20 heavy (non-hydrogen) atoms. The van der Waals surface area contributed by atoms with Gasteiger partial charge in [-0.15, -0.1) is 0 Å². The van der Waals surface area contributed by atoms with Crippen LogP contribution >= 0.6 is 0 Å². The monoisotopic (exact) mass is 271 g/mol. The number of benzene rings is 2. The SMILES string of the molecule is CCc1ccc(CNC(C)c2ccc(O)cc2O)cc1. The van der Waals surface area contributed by atoms with Crippen LogP contribution in [0.15, 0.2) is 42.5 Å². The first-order chi connectivity index (χ1) is 9.60. The number of aryl methyl sites for hydroxylation is 1. The molecule has 0 aliphatic rings. The van der Waals surface area contributed by atoms with E-state index in [1.807, 2.05) is 6.92 Å². The van der Waals surface area contributed by atoms with E-state index in [0.717, 1.165) is 18.5 Å². The molecule has 0 aliphatic heterocycles. The van der Waals surface area contributed by atoms with Gasteiger partial charge in [-0.25, -0.2) is 0 Å². The van der Waals surface area contributed by atoms with Crippen LogP contribution in [-0.4, -0.2) is 10.2 Å². The zero-order chi connectivity index (χ0) is 14.5. The predicted octanol–water partition coefficient (Wildman–Crippen LogP) is 3.51. The van der Waals surface area contributed by atoms with Gasteiger partial charge in [0.05, 0.1) is 0 Å². The van der Waals surface area contributed by atoms with Crippen LogP contribution < -0.4 is 5.32 Å². The van der Waals surface area contributed by atoms with Gasteiger partial charge >= 0.3 is 0 Å². The molecule has 2 aromatic rings. The van der Waals surface area contributed by atoms with E-state index < -0.39 is 0 Å². The fourth-order valence-electron chi connectivity index (χ4n) is 2.17. The first-order valence-corrected chi connectivity index (χ1v) is 6.93. The number of aromatic hydroxyl groups is 2. The Morgan fingerprint density at radius 3 is 2.25 bits per heavy atom. The van der Waals surface area contributed by atoms with Crippen LogP contribution in [0.25, 0.3) is 0 Å². The molecule has 3 nitrogen and oxygen atoms in total. The van der Waals surface area contributed by atoms with Gasteiger partial charge in [0.2, 0.25) is 0 Å². The van der Waals surface area contributed by atoms with Crippen LogP contribution in [0, 0.1) is 0 Å². The highest BCUT2D eigenvalue weighted by Crippen LogP contribution is 2.27. The number of nitrogens with one attached hydrogen (secondary N) is 1. The highest BCUT2D eigenvalue weighted by Gasteiger charge is 2.10. The quantitative estimate of drug-likeness (QED) is 0.780. The van der Waals surface area contributed by atoms with Crippen molar-refractivity contribution in [3.8, 4) is 11.5 Å². The standard InChI is InChI=1S/C17H21NO2/c1-3-13-4-6-14(7-5-13)11-18-12(2)16-9-8-15(19)10-17(16)20/h4-10,12,18-20H,3,11H2,1-2H3. The van der Waals surface area contributed by atoms with Crippen LogP contribution in [0.5, 0.6) is 11.5 Å². The van der Waals surface area contributed by atoms with Crippen LogP contribution in [-0.2, 0) is 13.0 Å². The Balaban J connectivity index is 1.98. The third-order valence-corrected chi connectivity index (χ3v) is 3.52. The first-order valence-electron chi connectivity index (χ1n) is 6.93. The van der Waals surface area contributed by atoms with E-state index in [0.29, 0.717) is 0 Å². The molecule has 0 saturated heterocycles. The van der Waals surface area contributed by atoms with E-state index >= 15 is 0 Å². The summed E-state index contributed by atoms with van der Waals surface area (Å²) in [5.74, 6) is 0.194. The molecule has 1 unspecified atom stereocenters. The molecule has 0 fully saturated rings. The maximum atomic E-state index is 9.83. The van der Waals surface area contributed by atoms with E-state index in [9.17, 15) is 10.2 Å². The molecule has 3 heteroatoms. The third-order valence-electron chi connectivity index (χ3n) is 3.52. The molecule has 0 aliphatic carbocycles. The molecule has 1 atom stereocenters. The number of hydrogen-bond donors (Lipinski definition) is 3. The zero-order valence-corrected chi connectivity index (χ0v) is 11.9. The maximum absolute atomic E-state index is 9.83. The summed E-state index contributed by atoms with van der Waals surface area (Å²) in [4.78, 5) is 0. The van der Waals surface area contributed by atoms with E-state index in [1.165, 1.54) is 17.2 Å². The van der Waals surface area contributed by atoms with E-state index in [4.69, 9.17) is 0 Å². The van der Waals surface area contributed by atoms with Crippen LogP contribution in [0.1, 0.15) is 36.6 Å². The maximum Gasteiger partial charge on any atom is 0.124 e. The molecule has 0 saturated carbocycles. The molecule has 0 spiro atoms. The molecular formula is C17H21NO2. The summed E-state index contributed by atoms with van der Waals surface area (Å²) in [6.45, 7) is 4.88. The second-order valence-corrected chi connectivity index (χ2v) is 5.02. The minimum atomic E-state index is 0.0152. The first kappa shape index (κ1) is 14.4. The molecule has 106 valence electrons. The highest BCUT2D eigenvalue weighted by molar-refractivity contribution is 5.40. The third kappa shape index (κ3) is 3.52. The minimum Gasteiger partial charge on any atom is -0.508 e. The van der Waals surface area contributed by atoms with Gasteiger partial charge in [0, 0.05) is 24.2 Å². The lowest BCUT2D eigenvalue weighted by molar-refractivity contribution is 0.436. The lowest BCUT2D eigenvalue weighted by Crippen LogP contribution is -2.18. The summed E-state index contributed by atoms with van der Waals surface area (Å²) >= 11 is 0. The van der Waals surface area contributed by atoms with Crippen molar-refractivity contribution in [2.45, 2.75) is 32.9 Å². The van der Waals surface area contributed by atoms with Crippen LogP contribution in [0.4, 0.5) is 0 Å². The summed E-state index contributed by atoms with van der Waals surface area (Å²) in [7, 11) is 0. The molecule has 0 heterocycles. The van der Waals surface area contributed by atoms with Crippen molar-refractivity contribution in [1.82, 2.24) is 5.32 Å². The van der Waals surface area contributed by atoms with E-state index in [-0.39, 0.29) is 17.5 Å². The summed E-state index contributed by atoms with van der Waals surface area (Å²) in [5, 5.41) is 22.5. The van der Waals surface area contributed by atoms with Gasteiger partial charge in [0.25, 0.3) is 0 Å². The van der Waals surface area contributed by atoms with Crippen molar-refractivity contribution in [2.75, 3.05) is 0 Å². The Morgan fingerprint density at radius 1 is 1.00 bits per heavy atom. The van der Waals surface area contributed by atoms with Gasteiger partial charge in [-0.1, -0.05) is 37.3 Å². The molecule has 2 rings (SSSR count). The van der Waals surface area contributed by atoms with Crippen LogP contribution in [0.3, 0.4) is 0 Å². The van der Waals surface area contributed by atoms with Gasteiger partial charge in [-0.3, -0.25) is 0 Å². The molecule has 3 N–H and O–H groups in total. The molecule has 2 aromatic carbocycles. The second kappa shape index (κ2) is 6.44. The van der Waals surface area contributed by atoms with Crippen molar-refractivity contribution >= 4 is 0 Å². The van der Waals surface area contributed by atoms with Crippen molar-refractivity contribution in [2.24, 2.45) is 0 Å². The lowest BCUT2D eigenvalue weighted by Gasteiger charge is -2.16. The summed E-state index contributed by atoms with van der Waals surface area (Å²) in [5.41, 5.74) is 3.33. The zero-order valence-electron chi connectivity index (χ0n) is 11.9. The average molecular weight is 271 g/mol. The van der Waals surface area contributed by atoms with Crippen molar-refractivity contribution in [3.63, 3.8) is 0 Å². The van der Waals surface area contributed by atoms with Crippen molar-refractivity contribution in [3.05, 3.63) is 59.2 Å². The minimum absolute atomic E-state index is 0.0152. The normalized spacial score (nSPS) is 12.3. The Labute approximate surface area is 119 Å². The molecule has 0 aromatic heterocycles. The van der Waals surface area contributed by atoms with Crippen molar-refractivity contribution in [1.29, 1.82) is 0 Å². The topological polar surface area (TPSA) is 52.5 Å². The highest BCUT2D eigenvalue weighted by atomic mass is 16.3. The van der Waals surface area contributed by atoms with Gasteiger partial charge in [-0.05, 0) is 30.5 Å². The summed E-state index contributed by atoms with van der Waals surface area (Å²) < 4.78 is 0. The molecule has 0 bridgehead atoms. The van der Waals surface area contributed by atoms with Gasteiger partial charge in [0.1, 0.15) is 11.5 Å². The van der Waals surface area contributed by atoms with Gasteiger partial charge in [-0.2, -0.15) is 0 Å². The van der Waals surface area contributed by atoms with Crippen LogP contribution in [0.2, 0.25) is 0 Å². The predicted molar refractivity (Wildman–Crippen MR) is 80.8 cm³/mol. The largest absolute Gasteiger partial charge is 0.508 e. The van der Waals surface area contributed by atoms with Crippen molar-refractivity contribution < 1.29 is 10.2 Å². The molecular weight excluding hydrogens is 250 g/mol.